The molecule has 4 nitrogen and oxygen atoms in total. The van der Waals surface area contributed by atoms with Gasteiger partial charge in [0.1, 0.15) is 17.6 Å². The molecule has 1 aromatic rings. The first-order valence-electron chi connectivity index (χ1n) is 4.23. The number of methoxy groups -OCH3 is 2. The molecule has 1 aromatic carbocycles. The maximum atomic E-state index is 9.48. The van der Waals surface area contributed by atoms with Crippen molar-refractivity contribution in [3.8, 4) is 11.5 Å². The lowest BCUT2D eigenvalue weighted by Gasteiger charge is -2.13. The molecule has 0 aliphatic carbocycles. The minimum atomic E-state index is -0.944. The molecule has 0 aliphatic heterocycles. The molecule has 0 radical (unpaired) electrons. The summed E-state index contributed by atoms with van der Waals surface area (Å²) >= 11 is 0. The van der Waals surface area contributed by atoms with Crippen molar-refractivity contribution in [2.75, 3.05) is 20.8 Å². The zero-order valence-electron chi connectivity index (χ0n) is 8.23. The summed E-state index contributed by atoms with van der Waals surface area (Å²) in [4.78, 5) is 0. The summed E-state index contributed by atoms with van der Waals surface area (Å²) in [6, 6.07) is 5.05. The average molecular weight is 198 g/mol. The summed E-state index contributed by atoms with van der Waals surface area (Å²) < 4.78 is 10.0. The third-order valence-corrected chi connectivity index (χ3v) is 1.97. The maximum Gasteiger partial charge on any atom is 0.125 e. The molecule has 1 rings (SSSR count). The Morgan fingerprint density at radius 1 is 1.29 bits per heavy atom. The molecule has 2 N–H and O–H groups in total. The molecular formula is C10H14O4. The molecule has 4 heteroatoms. The summed E-state index contributed by atoms with van der Waals surface area (Å²) in [7, 11) is 3.05. The van der Waals surface area contributed by atoms with Gasteiger partial charge in [0.05, 0.1) is 20.8 Å². The third kappa shape index (κ3) is 2.16. The molecule has 0 saturated heterocycles. The first kappa shape index (κ1) is 10.8. The highest BCUT2D eigenvalue weighted by molar-refractivity contribution is 5.41. The number of ether oxygens (including phenoxy) is 2. The number of hydrogen-bond acceptors (Lipinski definition) is 4. The predicted molar refractivity (Wildman–Crippen MR) is 51.6 cm³/mol. The van der Waals surface area contributed by atoms with E-state index in [9.17, 15) is 5.11 Å². The molecule has 14 heavy (non-hydrogen) atoms. The number of aliphatic hydroxyl groups is 2. The van der Waals surface area contributed by atoms with E-state index in [1.807, 2.05) is 0 Å². The van der Waals surface area contributed by atoms with Crippen molar-refractivity contribution in [1.29, 1.82) is 0 Å². The first-order valence-corrected chi connectivity index (χ1v) is 4.23. The molecule has 0 aromatic heterocycles. The van der Waals surface area contributed by atoms with Crippen molar-refractivity contribution in [2.45, 2.75) is 6.10 Å². The summed E-state index contributed by atoms with van der Waals surface area (Å²) in [5.41, 5.74) is 0.523. The van der Waals surface area contributed by atoms with Gasteiger partial charge in [-0.15, -0.1) is 0 Å². The van der Waals surface area contributed by atoms with Crippen LogP contribution >= 0.6 is 0 Å². The molecule has 0 spiro atoms. The average Bonchev–Trinajstić information content (AvgIpc) is 2.27. The molecule has 0 saturated carbocycles. The SMILES string of the molecule is COc1ccc(OC)c([C@H](O)CO)c1. The second-order valence-corrected chi connectivity index (χ2v) is 2.81. The van der Waals surface area contributed by atoms with Crippen LogP contribution in [0.3, 0.4) is 0 Å². The largest absolute Gasteiger partial charge is 0.497 e. The molecule has 1 atom stereocenters. The van der Waals surface area contributed by atoms with Gasteiger partial charge in [-0.3, -0.25) is 0 Å². The highest BCUT2D eigenvalue weighted by Crippen LogP contribution is 2.28. The molecule has 78 valence electrons. The van der Waals surface area contributed by atoms with Crippen molar-refractivity contribution in [2.24, 2.45) is 0 Å². The predicted octanol–water partition coefficient (Wildman–Crippen LogP) is 0.730. The van der Waals surface area contributed by atoms with Crippen LogP contribution in [0.5, 0.6) is 11.5 Å². The summed E-state index contributed by atoms with van der Waals surface area (Å²) in [5, 5.41) is 18.3. The van der Waals surface area contributed by atoms with Crippen LogP contribution in [0.15, 0.2) is 18.2 Å². The fourth-order valence-corrected chi connectivity index (χ4v) is 1.20. The minimum Gasteiger partial charge on any atom is -0.497 e. The Bertz CT molecular complexity index is 298. The van der Waals surface area contributed by atoms with Gasteiger partial charge in [-0.05, 0) is 18.2 Å². The lowest BCUT2D eigenvalue weighted by Crippen LogP contribution is -2.05. The van der Waals surface area contributed by atoms with E-state index in [0.717, 1.165) is 0 Å². The van der Waals surface area contributed by atoms with Crippen LogP contribution in [0.4, 0.5) is 0 Å². The highest BCUT2D eigenvalue weighted by atomic mass is 16.5. The number of hydrogen-bond donors (Lipinski definition) is 2. The van der Waals surface area contributed by atoms with Crippen LogP contribution in [0.25, 0.3) is 0 Å². The quantitative estimate of drug-likeness (QED) is 0.748. The van der Waals surface area contributed by atoms with Crippen LogP contribution in [0.2, 0.25) is 0 Å². The van der Waals surface area contributed by atoms with E-state index in [1.165, 1.54) is 14.2 Å². The van der Waals surface area contributed by atoms with Gasteiger partial charge >= 0.3 is 0 Å². The van der Waals surface area contributed by atoms with Crippen molar-refractivity contribution in [1.82, 2.24) is 0 Å². The Kier molecular flexibility index (Phi) is 3.73. The summed E-state index contributed by atoms with van der Waals surface area (Å²) in [6.45, 7) is -0.344. The molecule has 0 bridgehead atoms. The van der Waals surface area contributed by atoms with Crippen molar-refractivity contribution in [3.05, 3.63) is 23.8 Å². The zero-order chi connectivity index (χ0) is 10.6. The zero-order valence-corrected chi connectivity index (χ0v) is 8.23. The van der Waals surface area contributed by atoms with Crippen LogP contribution in [0.1, 0.15) is 11.7 Å². The van der Waals surface area contributed by atoms with Gasteiger partial charge in [0.2, 0.25) is 0 Å². The van der Waals surface area contributed by atoms with E-state index >= 15 is 0 Å². The topological polar surface area (TPSA) is 58.9 Å². The highest BCUT2D eigenvalue weighted by Gasteiger charge is 2.13. The monoisotopic (exact) mass is 198 g/mol. The third-order valence-electron chi connectivity index (χ3n) is 1.97. The molecule has 0 aliphatic rings. The van der Waals surface area contributed by atoms with Crippen LogP contribution in [0, 0.1) is 0 Å². The molecular weight excluding hydrogens is 184 g/mol. The number of rotatable bonds is 4. The fraction of sp³-hybridized carbons (Fsp3) is 0.400. The second kappa shape index (κ2) is 4.83. The van der Waals surface area contributed by atoms with Gasteiger partial charge in [-0.1, -0.05) is 0 Å². The van der Waals surface area contributed by atoms with E-state index in [2.05, 4.69) is 0 Å². The standard InChI is InChI=1S/C10H14O4/c1-13-7-3-4-10(14-2)8(5-7)9(12)6-11/h3-5,9,11-12H,6H2,1-2H3/t9-/m1/s1. The Morgan fingerprint density at radius 3 is 2.50 bits per heavy atom. The van der Waals surface area contributed by atoms with Gasteiger partial charge in [-0.25, -0.2) is 0 Å². The lowest BCUT2D eigenvalue weighted by atomic mass is 10.1. The van der Waals surface area contributed by atoms with Crippen LogP contribution in [-0.2, 0) is 0 Å². The van der Waals surface area contributed by atoms with E-state index < -0.39 is 6.10 Å². The van der Waals surface area contributed by atoms with Gasteiger partial charge in [0.25, 0.3) is 0 Å². The second-order valence-electron chi connectivity index (χ2n) is 2.81. The van der Waals surface area contributed by atoms with E-state index in [1.54, 1.807) is 18.2 Å². The van der Waals surface area contributed by atoms with Crippen molar-refractivity contribution in [3.63, 3.8) is 0 Å². The van der Waals surface area contributed by atoms with Crippen LogP contribution in [-0.4, -0.2) is 31.0 Å². The van der Waals surface area contributed by atoms with Gasteiger partial charge < -0.3 is 19.7 Å². The first-order chi connectivity index (χ1) is 6.72. The van der Waals surface area contributed by atoms with Crippen molar-refractivity contribution < 1.29 is 19.7 Å². The van der Waals surface area contributed by atoms with E-state index in [-0.39, 0.29) is 6.61 Å². The summed E-state index contributed by atoms with van der Waals surface area (Å²) in [6.07, 6.45) is -0.944. The minimum absolute atomic E-state index is 0.344. The normalized spacial score (nSPS) is 12.3. The smallest absolute Gasteiger partial charge is 0.125 e. The van der Waals surface area contributed by atoms with Gasteiger partial charge in [-0.2, -0.15) is 0 Å². The molecule has 0 unspecified atom stereocenters. The molecule has 0 fully saturated rings. The summed E-state index contributed by atoms with van der Waals surface area (Å²) in [5.74, 6) is 1.15. The molecule has 0 amide bonds. The Balaban J connectivity index is 3.08. The molecule has 0 heterocycles. The lowest BCUT2D eigenvalue weighted by molar-refractivity contribution is 0.0931. The van der Waals surface area contributed by atoms with E-state index in [0.29, 0.717) is 17.1 Å². The number of aliphatic hydroxyl groups excluding tert-OH is 2. The Labute approximate surface area is 82.7 Å². The van der Waals surface area contributed by atoms with Crippen molar-refractivity contribution >= 4 is 0 Å². The Morgan fingerprint density at radius 2 is 2.00 bits per heavy atom. The maximum absolute atomic E-state index is 9.48. The Hall–Kier alpha value is -1.26. The number of benzene rings is 1. The van der Waals surface area contributed by atoms with Gasteiger partial charge in [0.15, 0.2) is 0 Å². The van der Waals surface area contributed by atoms with E-state index in [4.69, 9.17) is 14.6 Å². The van der Waals surface area contributed by atoms with Gasteiger partial charge in [0, 0.05) is 5.56 Å². The fourth-order valence-electron chi connectivity index (χ4n) is 1.20. The van der Waals surface area contributed by atoms with Crippen LogP contribution < -0.4 is 9.47 Å².